The van der Waals surface area contributed by atoms with Gasteiger partial charge in [0.25, 0.3) is 5.01 Å². The van der Waals surface area contributed by atoms with E-state index in [1.165, 1.54) is 30.6 Å². The van der Waals surface area contributed by atoms with Crippen LogP contribution < -0.4 is 9.30 Å². The van der Waals surface area contributed by atoms with Gasteiger partial charge in [0.2, 0.25) is 11.3 Å². The maximum Gasteiger partial charge on any atom is 0.315 e. The number of rotatable bonds is 8. The zero-order valence-corrected chi connectivity index (χ0v) is 17.5. The fourth-order valence-corrected chi connectivity index (χ4v) is 4.55. The Kier molecular flexibility index (Phi) is 6.34. The molecule has 0 aliphatic carbocycles. The lowest BCUT2D eigenvalue weighted by atomic mass is 10.1. The van der Waals surface area contributed by atoms with E-state index in [1.807, 2.05) is 28.8 Å². The number of hydrogen-bond donors (Lipinski definition) is 1. The first-order valence-corrected chi connectivity index (χ1v) is 11.2. The monoisotopic (exact) mass is 450 g/mol. The fraction of sp³-hybridized carbons (Fsp3) is 0.211. The minimum absolute atomic E-state index is 0.0197. The number of benzene rings is 2. The first kappa shape index (κ1) is 21.7. The lowest BCUT2D eigenvalue weighted by Crippen LogP contribution is -2.35. The molecule has 0 unspecified atom stereocenters. The minimum atomic E-state index is -4.30. The molecule has 158 valence electrons. The summed E-state index contributed by atoms with van der Waals surface area (Å²) in [6, 6.07) is 10.3. The Morgan fingerprint density at radius 3 is 2.67 bits per heavy atom. The van der Waals surface area contributed by atoms with Crippen LogP contribution in [0.1, 0.15) is 17.0 Å². The van der Waals surface area contributed by atoms with Crippen LogP contribution in [0.4, 0.5) is 5.69 Å². The molecule has 1 aromatic heterocycles. The molecule has 0 spiro atoms. The van der Waals surface area contributed by atoms with Crippen LogP contribution in [0.2, 0.25) is 0 Å². The van der Waals surface area contributed by atoms with Gasteiger partial charge in [0.15, 0.2) is 12.3 Å². The summed E-state index contributed by atoms with van der Waals surface area (Å²) in [5.41, 5.74) is 0.862. The van der Waals surface area contributed by atoms with Gasteiger partial charge in [-0.25, -0.2) is 8.42 Å². The second kappa shape index (κ2) is 8.78. The normalized spacial score (nSPS) is 11.9. The van der Waals surface area contributed by atoms with Crippen LogP contribution in [0.25, 0.3) is 22.4 Å². The zero-order valence-electron chi connectivity index (χ0n) is 15.8. The molecular weight excluding hydrogens is 432 g/mol. The van der Waals surface area contributed by atoms with E-state index < -0.39 is 32.2 Å². The van der Waals surface area contributed by atoms with Gasteiger partial charge in [0, 0.05) is 30.4 Å². The Balaban J connectivity index is 1.99. The quantitative estimate of drug-likeness (QED) is 0.241. The minimum Gasteiger partial charge on any atom is -0.748 e. The van der Waals surface area contributed by atoms with Crippen molar-refractivity contribution in [3.05, 3.63) is 57.1 Å². The van der Waals surface area contributed by atoms with Crippen molar-refractivity contribution in [1.82, 2.24) is 0 Å². The summed E-state index contributed by atoms with van der Waals surface area (Å²) in [5.74, 6) is -1.03. The average molecular weight is 450 g/mol. The highest BCUT2D eigenvalue weighted by molar-refractivity contribution is 7.85. The van der Waals surface area contributed by atoms with E-state index in [-0.39, 0.29) is 12.2 Å². The van der Waals surface area contributed by atoms with E-state index in [9.17, 15) is 28.2 Å². The highest BCUT2D eigenvalue weighted by Crippen LogP contribution is 2.37. The molecule has 0 saturated heterocycles. The van der Waals surface area contributed by atoms with Crippen molar-refractivity contribution in [3.8, 4) is 11.5 Å². The number of phenols is 1. The molecule has 0 radical (unpaired) electrons. The molecule has 30 heavy (non-hydrogen) atoms. The number of nitrogens with zero attached hydrogens (tertiary/aromatic N) is 2. The Bertz CT molecular complexity index is 1230. The zero-order chi connectivity index (χ0) is 21.9. The van der Waals surface area contributed by atoms with Crippen LogP contribution in [0.3, 0.4) is 0 Å². The molecule has 0 aliphatic heterocycles. The molecule has 3 rings (SSSR count). The van der Waals surface area contributed by atoms with Gasteiger partial charge in [0.1, 0.15) is 4.70 Å². The third-order valence-corrected chi connectivity index (χ3v) is 6.24. The van der Waals surface area contributed by atoms with Crippen molar-refractivity contribution in [2.45, 2.75) is 13.0 Å². The van der Waals surface area contributed by atoms with Crippen molar-refractivity contribution >= 4 is 49.5 Å². The van der Waals surface area contributed by atoms with Gasteiger partial charge in [0.05, 0.1) is 22.2 Å². The Morgan fingerprint density at radius 1 is 1.27 bits per heavy atom. The van der Waals surface area contributed by atoms with Gasteiger partial charge in [-0.15, -0.1) is 0 Å². The van der Waals surface area contributed by atoms with Crippen LogP contribution in [0, 0.1) is 10.1 Å². The molecule has 0 saturated carbocycles. The van der Waals surface area contributed by atoms with Crippen LogP contribution >= 0.6 is 11.3 Å². The van der Waals surface area contributed by atoms with E-state index in [1.54, 1.807) is 12.2 Å². The van der Waals surface area contributed by atoms with E-state index >= 15 is 0 Å². The van der Waals surface area contributed by atoms with Gasteiger partial charge >= 0.3 is 5.69 Å². The predicted molar refractivity (Wildman–Crippen MR) is 111 cm³/mol. The largest absolute Gasteiger partial charge is 0.748 e. The maximum atomic E-state index is 11.2. The van der Waals surface area contributed by atoms with Crippen molar-refractivity contribution < 1.29 is 32.3 Å². The number of aromatic nitrogens is 1. The molecule has 9 nitrogen and oxygen atoms in total. The molecule has 1 heterocycles. The Morgan fingerprint density at radius 2 is 2.00 bits per heavy atom. The van der Waals surface area contributed by atoms with Crippen LogP contribution in [0.15, 0.2) is 36.4 Å². The number of aromatic hydroxyl groups is 1. The topological polar surface area (TPSA) is 134 Å². The van der Waals surface area contributed by atoms with Crippen LogP contribution in [-0.4, -0.2) is 35.9 Å². The van der Waals surface area contributed by atoms with Crippen LogP contribution in [-0.2, 0) is 16.7 Å². The summed E-state index contributed by atoms with van der Waals surface area (Å²) < 4.78 is 40.7. The third kappa shape index (κ3) is 4.93. The number of fused-ring (bicyclic) bond motifs is 1. The fourth-order valence-electron chi connectivity index (χ4n) is 2.98. The SMILES string of the molecule is COc1cc(/C=C/c2sc3ccccc3[n+]2CCCS(=O)(=O)[O-])cc([N+](=O)[O-])c1O. The smallest absolute Gasteiger partial charge is 0.315 e. The molecule has 0 aliphatic rings. The van der Waals surface area contributed by atoms with Crippen molar-refractivity contribution in [2.24, 2.45) is 0 Å². The summed E-state index contributed by atoms with van der Waals surface area (Å²) in [4.78, 5) is 10.5. The first-order chi connectivity index (χ1) is 14.2. The number of phenolic OH excluding ortho intramolecular Hbond substituents is 1. The predicted octanol–water partition coefficient (Wildman–Crippen LogP) is 2.92. The van der Waals surface area contributed by atoms with Gasteiger partial charge in [-0.3, -0.25) is 10.1 Å². The molecule has 2 aromatic carbocycles. The Labute approximate surface area is 176 Å². The van der Waals surface area contributed by atoms with E-state index in [0.717, 1.165) is 15.2 Å². The van der Waals surface area contributed by atoms with Gasteiger partial charge in [-0.2, -0.15) is 4.57 Å². The molecule has 0 amide bonds. The first-order valence-electron chi connectivity index (χ1n) is 8.78. The van der Waals surface area contributed by atoms with E-state index in [2.05, 4.69) is 0 Å². The number of para-hydroxylation sites is 1. The van der Waals surface area contributed by atoms with Crippen molar-refractivity contribution in [3.63, 3.8) is 0 Å². The molecule has 1 N–H and O–H groups in total. The molecule has 0 fully saturated rings. The van der Waals surface area contributed by atoms with E-state index in [4.69, 9.17) is 4.74 Å². The summed E-state index contributed by atoms with van der Waals surface area (Å²) in [6.07, 6.45) is 3.54. The van der Waals surface area contributed by atoms with Crippen molar-refractivity contribution in [1.29, 1.82) is 0 Å². The highest BCUT2D eigenvalue weighted by atomic mass is 32.2. The molecular formula is C19H18N2O7S2. The van der Waals surface area contributed by atoms with E-state index in [0.29, 0.717) is 12.1 Å². The number of hydrogen-bond acceptors (Lipinski definition) is 8. The second-order valence-electron chi connectivity index (χ2n) is 6.36. The number of nitro groups is 1. The number of aryl methyl sites for hydroxylation is 1. The molecule has 0 atom stereocenters. The summed E-state index contributed by atoms with van der Waals surface area (Å²) >= 11 is 1.46. The number of ether oxygens (including phenoxy) is 1. The lowest BCUT2D eigenvalue weighted by molar-refractivity contribution is -0.668. The highest BCUT2D eigenvalue weighted by Gasteiger charge is 2.21. The third-order valence-electron chi connectivity index (χ3n) is 4.32. The maximum absolute atomic E-state index is 11.2. The van der Waals surface area contributed by atoms with Gasteiger partial charge in [-0.1, -0.05) is 23.5 Å². The second-order valence-corrected chi connectivity index (χ2v) is 8.94. The molecule has 11 heteroatoms. The summed E-state index contributed by atoms with van der Waals surface area (Å²) in [7, 11) is -3.00. The lowest BCUT2D eigenvalue weighted by Gasteiger charge is -2.05. The van der Waals surface area contributed by atoms with Crippen LogP contribution in [0.5, 0.6) is 11.5 Å². The number of thiazole rings is 1. The molecule has 3 aromatic rings. The summed E-state index contributed by atoms with van der Waals surface area (Å²) in [6.45, 7) is 0.324. The standard InChI is InChI=1S/C19H18N2O7S2/c1-28-16-12-13(11-15(19(16)22)21(23)24)7-8-18-20(9-4-10-30(25,26)27)14-5-2-3-6-17(14)29-18/h2-3,5-8,11-12H,4,9-10H2,1H3,(H,25,26,27). The summed E-state index contributed by atoms with van der Waals surface area (Å²) in [5, 5.41) is 21.9. The molecule has 0 bridgehead atoms. The Hall–Kier alpha value is -3.02. The number of nitro benzene ring substituents is 1. The average Bonchev–Trinajstić information content (AvgIpc) is 3.03. The van der Waals surface area contributed by atoms with Gasteiger partial charge in [-0.05, 0) is 23.8 Å². The van der Waals surface area contributed by atoms with Gasteiger partial charge < -0.3 is 14.4 Å². The number of methoxy groups -OCH3 is 1. The van der Waals surface area contributed by atoms with Crippen molar-refractivity contribution in [2.75, 3.05) is 12.9 Å².